The summed E-state index contributed by atoms with van der Waals surface area (Å²) in [5.74, 6) is -1.65. The Morgan fingerprint density at radius 3 is 2.71 bits per heavy atom. The molecule has 0 fully saturated rings. The molecule has 6 heteroatoms. The maximum Gasteiger partial charge on any atom is 0.244 e. The Bertz CT molecular complexity index is 684. The third-order valence-corrected chi connectivity index (χ3v) is 4.37. The van der Waals surface area contributed by atoms with Crippen molar-refractivity contribution in [3.8, 4) is 0 Å². The predicted octanol–water partition coefficient (Wildman–Crippen LogP) is 4.68. The van der Waals surface area contributed by atoms with E-state index in [9.17, 15) is 13.6 Å². The quantitative estimate of drug-likeness (QED) is 0.776. The van der Waals surface area contributed by atoms with Crippen LogP contribution in [-0.4, -0.2) is 5.91 Å². The summed E-state index contributed by atoms with van der Waals surface area (Å²) in [5, 5.41) is 2.64. The zero-order valence-electron chi connectivity index (χ0n) is 11.1. The van der Waals surface area contributed by atoms with Gasteiger partial charge in [-0.05, 0) is 47.1 Å². The molecule has 1 heterocycles. The Kier molecular flexibility index (Phi) is 5.25. The van der Waals surface area contributed by atoms with Gasteiger partial charge >= 0.3 is 0 Å². The van der Waals surface area contributed by atoms with Crippen LogP contribution in [0.1, 0.15) is 23.4 Å². The first kappa shape index (κ1) is 15.9. The number of halogens is 3. The number of thiophene rings is 1. The molecule has 0 spiro atoms. The first-order valence-corrected chi connectivity index (χ1v) is 7.75. The molecule has 0 saturated heterocycles. The SMILES string of the molecule is C[C@@H](NC(=O)/C=C/c1ccc(Br)s1)c1ccc(F)cc1F. The number of nitrogens with one attached hydrogen (secondary N) is 1. The fraction of sp³-hybridized carbons (Fsp3) is 0.133. The van der Waals surface area contributed by atoms with E-state index in [0.29, 0.717) is 0 Å². The number of carbonyl (C=O) groups is 1. The van der Waals surface area contributed by atoms with Gasteiger partial charge in [-0.2, -0.15) is 0 Å². The monoisotopic (exact) mass is 371 g/mol. The molecule has 1 atom stereocenters. The Morgan fingerprint density at radius 1 is 1.33 bits per heavy atom. The van der Waals surface area contributed by atoms with Crippen LogP contribution in [-0.2, 0) is 4.79 Å². The average Bonchev–Trinajstić information content (AvgIpc) is 2.82. The molecule has 0 bridgehead atoms. The highest BCUT2D eigenvalue weighted by molar-refractivity contribution is 9.11. The van der Waals surface area contributed by atoms with E-state index in [-0.39, 0.29) is 11.5 Å². The Balaban J connectivity index is 2.00. The highest BCUT2D eigenvalue weighted by Crippen LogP contribution is 2.23. The van der Waals surface area contributed by atoms with Gasteiger partial charge in [0.1, 0.15) is 11.6 Å². The van der Waals surface area contributed by atoms with Gasteiger partial charge in [0.05, 0.1) is 9.83 Å². The van der Waals surface area contributed by atoms with Gasteiger partial charge in [0.25, 0.3) is 0 Å². The van der Waals surface area contributed by atoms with Crippen LogP contribution < -0.4 is 5.32 Å². The lowest BCUT2D eigenvalue weighted by molar-refractivity contribution is -0.117. The molecule has 110 valence electrons. The minimum atomic E-state index is -0.672. The summed E-state index contributed by atoms with van der Waals surface area (Å²) in [6.45, 7) is 1.64. The van der Waals surface area contributed by atoms with E-state index in [1.165, 1.54) is 29.5 Å². The van der Waals surface area contributed by atoms with Crippen molar-refractivity contribution in [1.82, 2.24) is 5.32 Å². The third kappa shape index (κ3) is 4.47. The molecule has 0 saturated carbocycles. The van der Waals surface area contributed by atoms with Crippen molar-refractivity contribution < 1.29 is 13.6 Å². The zero-order valence-corrected chi connectivity index (χ0v) is 13.5. The molecular formula is C15H12BrF2NOS. The standard InChI is InChI=1S/C15H12BrF2NOS/c1-9(12-5-2-10(17)8-13(12)18)19-15(20)7-4-11-3-6-14(16)21-11/h2-9H,1H3,(H,19,20)/b7-4+/t9-/m1/s1. The summed E-state index contributed by atoms with van der Waals surface area (Å²) in [6, 6.07) is 6.52. The van der Waals surface area contributed by atoms with Crippen LogP contribution in [0.15, 0.2) is 40.2 Å². The van der Waals surface area contributed by atoms with Crippen molar-refractivity contribution in [2.75, 3.05) is 0 Å². The van der Waals surface area contributed by atoms with Gasteiger partial charge in [-0.15, -0.1) is 11.3 Å². The second-order valence-corrected chi connectivity index (χ2v) is 6.87. The van der Waals surface area contributed by atoms with E-state index in [2.05, 4.69) is 21.2 Å². The Labute approximate surface area is 133 Å². The fourth-order valence-electron chi connectivity index (χ4n) is 1.77. The summed E-state index contributed by atoms with van der Waals surface area (Å²) < 4.78 is 27.4. The summed E-state index contributed by atoms with van der Waals surface area (Å²) in [5.41, 5.74) is 0.247. The zero-order chi connectivity index (χ0) is 15.4. The smallest absolute Gasteiger partial charge is 0.244 e. The molecule has 1 N–H and O–H groups in total. The molecule has 21 heavy (non-hydrogen) atoms. The van der Waals surface area contributed by atoms with Crippen LogP contribution in [0.5, 0.6) is 0 Å². The number of hydrogen-bond donors (Lipinski definition) is 1. The summed E-state index contributed by atoms with van der Waals surface area (Å²) in [4.78, 5) is 12.7. The maximum atomic E-state index is 13.6. The van der Waals surface area contributed by atoms with Crippen LogP contribution in [0, 0.1) is 11.6 Å². The summed E-state index contributed by atoms with van der Waals surface area (Å²) in [6.07, 6.45) is 3.06. The molecule has 1 aromatic carbocycles. The number of hydrogen-bond acceptors (Lipinski definition) is 2. The highest BCUT2D eigenvalue weighted by Gasteiger charge is 2.13. The summed E-state index contributed by atoms with van der Waals surface area (Å²) in [7, 11) is 0. The molecular weight excluding hydrogens is 360 g/mol. The fourth-order valence-corrected chi connectivity index (χ4v) is 3.09. The minimum absolute atomic E-state index is 0.247. The lowest BCUT2D eigenvalue weighted by Crippen LogP contribution is -2.25. The van der Waals surface area contributed by atoms with Crippen molar-refractivity contribution in [3.05, 3.63) is 62.3 Å². The third-order valence-electron chi connectivity index (χ3n) is 2.78. The first-order chi connectivity index (χ1) is 9.95. The van der Waals surface area contributed by atoms with Crippen molar-refractivity contribution in [2.45, 2.75) is 13.0 Å². The van der Waals surface area contributed by atoms with Gasteiger partial charge in [0, 0.05) is 22.6 Å². The van der Waals surface area contributed by atoms with E-state index in [1.54, 1.807) is 13.0 Å². The van der Waals surface area contributed by atoms with Gasteiger partial charge in [-0.1, -0.05) is 6.07 Å². The molecule has 0 aliphatic heterocycles. The van der Waals surface area contributed by atoms with E-state index < -0.39 is 17.7 Å². The molecule has 2 rings (SSSR count). The second kappa shape index (κ2) is 6.95. The van der Waals surface area contributed by atoms with E-state index in [4.69, 9.17) is 0 Å². The lowest BCUT2D eigenvalue weighted by atomic mass is 10.1. The number of rotatable bonds is 4. The van der Waals surface area contributed by atoms with E-state index >= 15 is 0 Å². The summed E-state index contributed by atoms with van der Waals surface area (Å²) >= 11 is 4.83. The van der Waals surface area contributed by atoms with Crippen molar-refractivity contribution in [1.29, 1.82) is 0 Å². The Morgan fingerprint density at radius 2 is 2.10 bits per heavy atom. The lowest BCUT2D eigenvalue weighted by Gasteiger charge is -2.13. The molecule has 2 nitrogen and oxygen atoms in total. The number of amides is 1. The molecule has 0 aliphatic carbocycles. The topological polar surface area (TPSA) is 29.1 Å². The van der Waals surface area contributed by atoms with Gasteiger partial charge in [0.15, 0.2) is 0 Å². The molecule has 0 radical (unpaired) electrons. The molecule has 0 aliphatic rings. The number of carbonyl (C=O) groups excluding carboxylic acids is 1. The average molecular weight is 372 g/mol. The van der Waals surface area contributed by atoms with Crippen LogP contribution >= 0.6 is 27.3 Å². The first-order valence-electron chi connectivity index (χ1n) is 6.14. The van der Waals surface area contributed by atoms with Gasteiger partial charge in [-0.3, -0.25) is 4.79 Å². The van der Waals surface area contributed by atoms with Gasteiger partial charge in [0.2, 0.25) is 5.91 Å². The normalized spacial score (nSPS) is 12.6. The largest absolute Gasteiger partial charge is 0.346 e. The molecule has 1 aromatic heterocycles. The van der Waals surface area contributed by atoms with Crippen LogP contribution in [0.4, 0.5) is 8.78 Å². The number of benzene rings is 1. The van der Waals surface area contributed by atoms with Crippen LogP contribution in [0.2, 0.25) is 0 Å². The van der Waals surface area contributed by atoms with Crippen molar-refractivity contribution >= 4 is 39.2 Å². The molecule has 2 aromatic rings. The second-order valence-electron chi connectivity index (χ2n) is 4.37. The van der Waals surface area contributed by atoms with Crippen molar-refractivity contribution in [3.63, 3.8) is 0 Å². The Hall–Kier alpha value is -1.53. The van der Waals surface area contributed by atoms with E-state index in [0.717, 1.165) is 14.7 Å². The molecule has 1 amide bonds. The highest BCUT2D eigenvalue weighted by atomic mass is 79.9. The maximum absolute atomic E-state index is 13.6. The van der Waals surface area contributed by atoms with Gasteiger partial charge < -0.3 is 5.32 Å². The van der Waals surface area contributed by atoms with E-state index in [1.807, 2.05) is 12.1 Å². The molecule has 0 unspecified atom stereocenters. The minimum Gasteiger partial charge on any atom is -0.346 e. The van der Waals surface area contributed by atoms with Crippen LogP contribution in [0.25, 0.3) is 6.08 Å². The van der Waals surface area contributed by atoms with Crippen molar-refractivity contribution in [2.24, 2.45) is 0 Å². The predicted molar refractivity (Wildman–Crippen MR) is 84.0 cm³/mol. The van der Waals surface area contributed by atoms with Gasteiger partial charge in [-0.25, -0.2) is 8.78 Å². The van der Waals surface area contributed by atoms with Crippen LogP contribution in [0.3, 0.4) is 0 Å².